The van der Waals surface area contributed by atoms with Gasteiger partial charge in [0.15, 0.2) is 11.1 Å². The summed E-state index contributed by atoms with van der Waals surface area (Å²) in [5.41, 5.74) is 0. The van der Waals surface area contributed by atoms with Crippen LogP contribution in [0.2, 0.25) is 0 Å². The third-order valence-corrected chi connectivity index (χ3v) is 3.01. The molecular formula is C6H7N2O6S-. The summed E-state index contributed by atoms with van der Waals surface area (Å²) < 4.78 is 9.62. The van der Waals surface area contributed by atoms with Crippen LogP contribution in [-0.4, -0.2) is 29.2 Å². The van der Waals surface area contributed by atoms with Gasteiger partial charge in [0.1, 0.15) is 0 Å². The van der Waals surface area contributed by atoms with Crippen LogP contribution in [0.25, 0.3) is 0 Å². The van der Waals surface area contributed by atoms with E-state index in [1.807, 2.05) is 0 Å². The van der Waals surface area contributed by atoms with Crippen LogP contribution >= 0.6 is 11.8 Å². The summed E-state index contributed by atoms with van der Waals surface area (Å²) in [5.74, 6) is 0. The van der Waals surface area contributed by atoms with Crippen molar-refractivity contribution in [2.75, 3.05) is 14.2 Å². The second-order valence-electron chi connectivity index (χ2n) is 2.45. The molecule has 0 spiro atoms. The minimum atomic E-state index is -1.73. The normalized spacial score (nSPS) is 18.8. The zero-order valence-electron chi connectivity index (χ0n) is 7.83. The fraction of sp³-hybridized carbons (Fsp3) is 0.500. The van der Waals surface area contributed by atoms with Gasteiger partial charge in [-0.3, -0.25) is 20.2 Å². The molecule has 15 heavy (non-hydrogen) atoms. The molecule has 0 saturated carbocycles. The Bertz CT molecular complexity index is 326. The number of rotatable bonds is 4. The molecule has 1 aliphatic rings. The lowest BCUT2D eigenvalue weighted by atomic mass is 10.3. The highest BCUT2D eigenvalue weighted by Crippen LogP contribution is 2.48. The van der Waals surface area contributed by atoms with Crippen LogP contribution in [0, 0.1) is 26.3 Å². The Hall–Kier alpha value is -1.32. The predicted octanol–water partition coefficient (Wildman–Crippen LogP) is 0.607. The zero-order valence-corrected chi connectivity index (χ0v) is 8.65. The quantitative estimate of drug-likeness (QED) is 0.304. The van der Waals surface area contributed by atoms with E-state index in [4.69, 9.17) is 9.47 Å². The summed E-state index contributed by atoms with van der Waals surface area (Å²) in [6, 6.07) is -0.496. The van der Waals surface area contributed by atoms with Crippen LogP contribution in [0.5, 0.6) is 0 Å². The van der Waals surface area contributed by atoms with Crippen LogP contribution < -0.4 is 0 Å². The summed E-state index contributed by atoms with van der Waals surface area (Å²) in [5, 5.41) is 19.0. The fourth-order valence-corrected chi connectivity index (χ4v) is 1.98. The Kier molecular flexibility index (Phi) is 3.17. The number of nitro groups is 2. The lowest BCUT2D eigenvalue weighted by molar-refractivity contribution is -0.485. The summed E-state index contributed by atoms with van der Waals surface area (Å²) in [4.78, 5) is 19.6. The molecule has 1 aliphatic heterocycles. The predicted molar refractivity (Wildman–Crippen MR) is 49.7 cm³/mol. The number of thioether (sulfide) groups is 1. The smallest absolute Gasteiger partial charge is 0.232 e. The SMILES string of the molecule is COC1(OC)SC([N+](=O)[O-])=C[C-]1[N+](=O)[O-]. The third-order valence-electron chi connectivity index (χ3n) is 1.73. The van der Waals surface area contributed by atoms with E-state index in [0.717, 1.165) is 6.08 Å². The number of hydrogen-bond acceptors (Lipinski definition) is 7. The van der Waals surface area contributed by atoms with Gasteiger partial charge in [-0.2, -0.15) is 0 Å². The molecule has 0 N–H and O–H groups in total. The molecule has 0 radical (unpaired) electrons. The fourth-order valence-electron chi connectivity index (χ4n) is 1.06. The first-order chi connectivity index (χ1) is 6.96. The molecule has 0 fully saturated rings. The maximum Gasteiger partial charge on any atom is 0.232 e. The summed E-state index contributed by atoms with van der Waals surface area (Å²) in [7, 11) is 2.35. The van der Waals surface area contributed by atoms with Gasteiger partial charge >= 0.3 is 0 Å². The molecule has 84 valence electrons. The van der Waals surface area contributed by atoms with Crippen molar-refractivity contribution in [2.24, 2.45) is 0 Å². The summed E-state index contributed by atoms with van der Waals surface area (Å²) in [6.45, 7) is 0. The van der Waals surface area contributed by atoms with Crippen LogP contribution in [0.15, 0.2) is 11.1 Å². The van der Waals surface area contributed by atoms with Crippen molar-refractivity contribution in [1.82, 2.24) is 0 Å². The largest absolute Gasteiger partial charge is 0.351 e. The van der Waals surface area contributed by atoms with E-state index in [2.05, 4.69) is 0 Å². The third kappa shape index (κ3) is 1.89. The standard InChI is InChI=1S/C6H7N2O6S/c1-13-6(14-2)4(7(9)10)3-5(15-6)8(11)12/h3H,1-2H3/q-1. The van der Waals surface area contributed by atoms with Crippen molar-refractivity contribution in [3.05, 3.63) is 37.4 Å². The molecule has 1 rings (SSSR count). The summed E-state index contributed by atoms with van der Waals surface area (Å²) >= 11 is 0.542. The van der Waals surface area contributed by atoms with E-state index in [9.17, 15) is 20.2 Å². The van der Waals surface area contributed by atoms with Gasteiger partial charge in [-0.15, -0.1) is 0 Å². The minimum Gasteiger partial charge on any atom is -0.351 e. The van der Waals surface area contributed by atoms with Crippen LogP contribution in [0.4, 0.5) is 0 Å². The first kappa shape index (κ1) is 11.8. The first-order valence-electron chi connectivity index (χ1n) is 3.64. The highest BCUT2D eigenvalue weighted by atomic mass is 32.2. The molecule has 1 heterocycles. The van der Waals surface area contributed by atoms with E-state index in [1.165, 1.54) is 14.2 Å². The molecule has 0 amide bonds. The molecule has 9 heteroatoms. The summed E-state index contributed by atoms with van der Waals surface area (Å²) in [6.07, 6.45) is 0.831. The Labute approximate surface area is 88.5 Å². The molecule has 8 nitrogen and oxygen atoms in total. The number of hydrogen-bond donors (Lipinski definition) is 0. The van der Waals surface area contributed by atoms with Crippen molar-refractivity contribution in [2.45, 2.75) is 5.12 Å². The van der Waals surface area contributed by atoms with Crippen LogP contribution in [0.3, 0.4) is 0 Å². The zero-order chi connectivity index (χ0) is 11.6. The van der Waals surface area contributed by atoms with E-state index in [1.54, 1.807) is 0 Å². The van der Waals surface area contributed by atoms with Crippen LogP contribution in [0.1, 0.15) is 0 Å². The number of methoxy groups -OCH3 is 2. The molecule has 0 aromatic heterocycles. The molecule has 0 aromatic carbocycles. The Balaban J connectivity index is 3.05. The lowest BCUT2D eigenvalue weighted by Gasteiger charge is -2.30. The van der Waals surface area contributed by atoms with Gasteiger partial charge in [0, 0.05) is 14.2 Å². The molecular weight excluding hydrogens is 228 g/mol. The molecule has 0 aliphatic carbocycles. The topological polar surface area (TPSA) is 105 Å². The second-order valence-corrected chi connectivity index (χ2v) is 3.61. The highest BCUT2D eigenvalue weighted by Gasteiger charge is 2.48. The van der Waals surface area contributed by atoms with Crippen LogP contribution in [-0.2, 0) is 9.47 Å². The molecule has 0 atom stereocenters. The first-order valence-corrected chi connectivity index (χ1v) is 4.45. The average Bonchev–Trinajstić information content (AvgIpc) is 2.58. The van der Waals surface area contributed by atoms with Crippen molar-refractivity contribution in [3.63, 3.8) is 0 Å². The molecule has 0 unspecified atom stereocenters. The van der Waals surface area contributed by atoms with Crippen molar-refractivity contribution in [1.29, 1.82) is 0 Å². The van der Waals surface area contributed by atoms with Gasteiger partial charge in [-0.25, -0.2) is 0 Å². The van der Waals surface area contributed by atoms with Gasteiger partial charge in [0.2, 0.25) is 5.12 Å². The lowest BCUT2D eigenvalue weighted by Crippen LogP contribution is -2.37. The Morgan fingerprint density at radius 2 is 1.93 bits per heavy atom. The average molecular weight is 235 g/mol. The van der Waals surface area contributed by atoms with Gasteiger partial charge in [-0.05, 0) is 9.85 Å². The van der Waals surface area contributed by atoms with Crippen molar-refractivity contribution >= 4 is 11.8 Å². The Morgan fingerprint density at radius 1 is 1.40 bits per heavy atom. The maximum absolute atomic E-state index is 10.6. The number of nitrogens with zero attached hydrogens (tertiary/aromatic N) is 2. The van der Waals surface area contributed by atoms with E-state index in [-0.39, 0.29) is 5.03 Å². The van der Waals surface area contributed by atoms with Gasteiger partial charge < -0.3 is 9.47 Å². The molecule has 0 bridgehead atoms. The van der Waals surface area contributed by atoms with E-state index < -0.39 is 21.0 Å². The second kappa shape index (κ2) is 4.04. The molecule has 0 saturated heterocycles. The molecule has 0 aromatic rings. The Morgan fingerprint density at radius 3 is 2.20 bits per heavy atom. The monoisotopic (exact) mass is 235 g/mol. The van der Waals surface area contributed by atoms with E-state index in [0.29, 0.717) is 11.8 Å². The van der Waals surface area contributed by atoms with Gasteiger partial charge in [0.05, 0.1) is 0 Å². The van der Waals surface area contributed by atoms with Gasteiger partial charge in [0.25, 0.3) is 0 Å². The number of ether oxygens (including phenoxy) is 2. The van der Waals surface area contributed by atoms with Gasteiger partial charge in [-0.1, -0.05) is 17.8 Å². The van der Waals surface area contributed by atoms with E-state index >= 15 is 0 Å². The van der Waals surface area contributed by atoms with Crippen molar-refractivity contribution < 1.29 is 19.3 Å². The highest BCUT2D eigenvalue weighted by molar-refractivity contribution is 8.04. The van der Waals surface area contributed by atoms with Crippen molar-refractivity contribution in [3.8, 4) is 0 Å². The maximum atomic E-state index is 10.6. The minimum absolute atomic E-state index is 0.384.